The highest BCUT2D eigenvalue weighted by molar-refractivity contribution is 5.98. The molecule has 0 saturated carbocycles. The molecule has 8 heteroatoms. The second-order valence-electron chi connectivity index (χ2n) is 11.5. The van der Waals surface area contributed by atoms with E-state index >= 15 is 0 Å². The molecule has 1 aliphatic rings. The molecule has 1 aliphatic heterocycles. The van der Waals surface area contributed by atoms with Crippen LogP contribution in [-0.2, 0) is 11.3 Å². The largest absolute Gasteiger partial charge is 0.497 e. The first-order valence-corrected chi connectivity index (χ1v) is 14.6. The first-order valence-electron chi connectivity index (χ1n) is 14.6. The molecule has 0 bridgehead atoms. The van der Waals surface area contributed by atoms with Crippen LogP contribution in [0.4, 0.5) is 10.5 Å². The van der Waals surface area contributed by atoms with Gasteiger partial charge in [-0.15, -0.1) is 0 Å². The first-order chi connectivity index (χ1) is 20.3. The highest BCUT2D eigenvalue weighted by Crippen LogP contribution is 2.31. The second-order valence-corrected chi connectivity index (χ2v) is 11.5. The van der Waals surface area contributed by atoms with Crippen LogP contribution in [0.2, 0.25) is 0 Å². The number of methoxy groups -OCH3 is 1. The maximum absolute atomic E-state index is 13.9. The number of aromatic nitrogens is 1. The number of nitrogens with zero attached hydrogens (tertiary/aromatic N) is 2. The minimum Gasteiger partial charge on any atom is -0.497 e. The Morgan fingerprint density at radius 1 is 1.02 bits per heavy atom. The summed E-state index contributed by atoms with van der Waals surface area (Å²) < 4.78 is 5.29. The molecular formula is C34H41N5O3. The van der Waals surface area contributed by atoms with E-state index in [2.05, 4.69) is 32.7 Å². The lowest BCUT2D eigenvalue weighted by atomic mass is 9.89. The summed E-state index contributed by atoms with van der Waals surface area (Å²) in [5.74, 6) is 0.718. The number of rotatable bonds is 9. The van der Waals surface area contributed by atoms with Crippen molar-refractivity contribution in [3.63, 3.8) is 0 Å². The molecule has 42 heavy (non-hydrogen) atoms. The van der Waals surface area contributed by atoms with Gasteiger partial charge in [0.25, 0.3) is 0 Å². The summed E-state index contributed by atoms with van der Waals surface area (Å²) in [7, 11) is 5.69. The molecule has 1 saturated heterocycles. The zero-order valence-corrected chi connectivity index (χ0v) is 24.9. The Balaban J connectivity index is 1.32. The molecule has 1 fully saturated rings. The fraction of sp³-hybridized carbons (Fsp3) is 0.353. The third-order valence-electron chi connectivity index (χ3n) is 8.24. The van der Waals surface area contributed by atoms with Crippen molar-refractivity contribution in [2.24, 2.45) is 0 Å². The van der Waals surface area contributed by atoms with E-state index in [4.69, 9.17) is 4.74 Å². The summed E-state index contributed by atoms with van der Waals surface area (Å²) in [5, 5.41) is 7.24. The fourth-order valence-electron chi connectivity index (χ4n) is 5.92. The number of hydrogen-bond donors (Lipinski definition) is 3. The summed E-state index contributed by atoms with van der Waals surface area (Å²) in [6.07, 6.45) is 3.68. The number of carbonyl (C=O) groups excluding carboxylic acids is 2. The number of fused-ring (bicyclic) bond motifs is 1. The molecule has 0 radical (unpaired) electrons. The SMILES string of the molecule is COc1ccc(C2CCN(C(=O)N[C@@H](C(=O)Nc3cccc(CN(C)C)c3)[C@@H](C)c3c[nH]c4ccccc34)CC2)cc1. The maximum atomic E-state index is 13.9. The van der Waals surface area contributed by atoms with Gasteiger partial charge in [0.05, 0.1) is 7.11 Å². The maximum Gasteiger partial charge on any atom is 0.318 e. The van der Waals surface area contributed by atoms with Gasteiger partial charge in [-0.2, -0.15) is 0 Å². The van der Waals surface area contributed by atoms with Gasteiger partial charge in [-0.3, -0.25) is 4.79 Å². The molecular weight excluding hydrogens is 526 g/mol. The van der Waals surface area contributed by atoms with E-state index in [0.717, 1.165) is 47.2 Å². The van der Waals surface area contributed by atoms with Gasteiger partial charge in [-0.1, -0.05) is 49.4 Å². The van der Waals surface area contributed by atoms with E-state index in [1.165, 1.54) is 5.56 Å². The zero-order valence-electron chi connectivity index (χ0n) is 24.9. The second kappa shape index (κ2) is 13.1. The number of urea groups is 1. The molecule has 0 spiro atoms. The number of aromatic amines is 1. The number of benzene rings is 3. The van der Waals surface area contributed by atoms with Gasteiger partial charge in [-0.05, 0) is 79.9 Å². The number of likely N-dealkylation sites (tertiary alicyclic amines) is 1. The van der Waals surface area contributed by atoms with Crippen molar-refractivity contribution in [1.82, 2.24) is 20.1 Å². The molecule has 3 N–H and O–H groups in total. The Morgan fingerprint density at radius 3 is 2.48 bits per heavy atom. The van der Waals surface area contributed by atoms with Crippen molar-refractivity contribution in [1.29, 1.82) is 0 Å². The monoisotopic (exact) mass is 567 g/mol. The van der Waals surface area contributed by atoms with Gasteiger partial charge >= 0.3 is 6.03 Å². The van der Waals surface area contributed by atoms with Crippen molar-refractivity contribution in [2.75, 3.05) is 39.6 Å². The van der Waals surface area contributed by atoms with Crippen LogP contribution < -0.4 is 15.4 Å². The highest BCUT2D eigenvalue weighted by Gasteiger charge is 2.32. The summed E-state index contributed by atoms with van der Waals surface area (Å²) in [6, 6.07) is 23.1. The third-order valence-corrected chi connectivity index (χ3v) is 8.24. The van der Waals surface area contributed by atoms with Crippen molar-refractivity contribution >= 4 is 28.5 Å². The normalized spacial score (nSPS) is 15.4. The molecule has 4 aromatic rings. The van der Waals surface area contributed by atoms with Crippen LogP contribution in [0.15, 0.2) is 79.0 Å². The molecule has 2 heterocycles. The van der Waals surface area contributed by atoms with E-state index in [0.29, 0.717) is 24.7 Å². The van der Waals surface area contributed by atoms with Gasteiger partial charge in [0, 0.05) is 48.3 Å². The Morgan fingerprint density at radius 2 is 1.76 bits per heavy atom. The summed E-state index contributed by atoms with van der Waals surface area (Å²) in [6.45, 7) is 4.02. The molecule has 3 aromatic carbocycles. The number of hydrogen-bond acceptors (Lipinski definition) is 4. The predicted molar refractivity (Wildman–Crippen MR) is 168 cm³/mol. The first kappa shape index (κ1) is 29.2. The van der Waals surface area contributed by atoms with Crippen LogP contribution in [0, 0.1) is 0 Å². The standard InChI is InChI=1S/C34H41N5O3/c1-23(30-21-35-31-11-6-5-10-29(30)31)32(33(40)36-27-9-7-8-24(20-27)22-38(2)3)37-34(41)39-18-16-26(17-19-39)25-12-14-28(42-4)15-13-25/h5-15,20-21,23,26,32,35H,16-19,22H2,1-4H3,(H,36,40)(H,37,41)/t23-,32+/m0/s1. The van der Waals surface area contributed by atoms with Crippen LogP contribution in [0.3, 0.4) is 0 Å². The molecule has 5 rings (SSSR count). The number of H-pyrrole nitrogens is 1. The van der Waals surface area contributed by atoms with E-state index in [1.807, 2.05) is 92.8 Å². The van der Waals surface area contributed by atoms with Gasteiger partial charge in [0.1, 0.15) is 11.8 Å². The summed E-state index contributed by atoms with van der Waals surface area (Å²) in [4.78, 5) is 34.7. The molecule has 3 amide bonds. The molecule has 1 aromatic heterocycles. The average Bonchev–Trinajstić information content (AvgIpc) is 3.44. The molecule has 220 valence electrons. The minimum atomic E-state index is -0.770. The quantitative estimate of drug-likeness (QED) is 0.234. The van der Waals surface area contributed by atoms with Gasteiger partial charge in [0.15, 0.2) is 0 Å². The van der Waals surface area contributed by atoms with Crippen LogP contribution in [0.25, 0.3) is 10.9 Å². The Bertz CT molecular complexity index is 1510. The Labute approximate surface area is 248 Å². The van der Waals surface area contributed by atoms with Crippen LogP contribution >= 0.6 is 0 Å². The van der Waals surface area contributed by atoms with Gasteiger partial charge in [0.2, 0.25) is 5.91 Å². The number of piperidine rings is 1. The third kappa shape index (κ3) is 6.77. The minimum absolute atomic E-state index is 0.212. The van der Waals surface area contributed by atoms with Crippen molar-refractivity contribution in [3.8, 4) is 5.75 Å². The number of carbonyl (C=O) groups is 2. The zero-order chi connectivity index (χ0) is 29.6. The number of amides is 3. The van der Waals surface area contributed by atoms with Crippen LogP contribution in [-0.4, -0.2) is 67.1 Å². The Hall–Kier alpha value is -4.30. The Kier molecular flexibility index (Phi) is 9.12. The lowest BCUT2D eigenvalue weighted by Crippen LogP contribution is -2.53. The van der Waals surface area contributed by atoms with Crippen LogP contribution in [0.1, 0.15) is 48.3 Å². The van der Waals surface area contributed by atoms with Crippen LogP contribution in [0.5, 0.6) is 5.75 Å². The lowest BCUT2D eigenvalue weighted by Gasteiger charge is -2.34. The molecule has 0 unspecified atom stereocenters. The summed E-state index contributed by atoms with van der Waals surface area (Å²) >= 11 is 0. The number of anilines is 1. The fourth-order valence-corrected chi connectivity index (χ4v) is 5.92. The lowest BCUT2D eigenvalue weighted by molar-refractivity contribution is -0.118. The molecule has 0 aliphatic carbocycles. The van der Waals surface area contributed by atoms with Gasteiger partial charge < -0.3 is 30.2 Å². The smallest absolute Gasteiger partial charge is 0.318 e. The predicted octanol–water partition coefficient (Wildman–Crippen LogP) is 5.94. The number of nitrogens with one attached hydrogen (secondary N) is 3. The highest BCUT2D eigenvalue weighted by atomic mass is 16.5. The molecule has 2 atom stereocenters. The number of ether oxygens (including phenoxy) is 1. The van der Waals surface area contributed by atoms with Gasteiger partial charge in [-0.25, -0.2) is 4.79 Å². The van der Waals surface area contributed by atoms with E-state index < -0.39 is 6.04 Å². The topological polar surface area (TPSA) is 89.7 Å². The molecule has 8 nitrogen and oxygen atoms in total. The summed E-state index contributed by atoms with van der Waals surface area (Å²) in [5.41, 5.74) is 5.07. The number of para-hydroxylation sites is 1. The van der Waals surface area contributed by atoms with E-state index in [1.54, 1.807) is 7.11 Å². The van der Waals surface area contributed by atoms with E-state index in [-0.39, 0.29) is 17.9 Å². The van der Waals surface area contributed by atoms with E-state index in [9.17, 15) is 9.59 Å². The average molecular weight is 568 g/mol. The van der Waals surface area contributed by atoms with Crippen molar-refractivity contribution in [2.45, 2.75) is 44.2 Å². The van der Waals surface area contributed by atoms with Crippen molar-refractivity contribution < 1.29 is 14.3 Å². The van der Waals surface area contributed by atoms with Crippen molar-refractivity contribution in [3.05, 3.63) is 95.7 Å².